The highest BCUT2D eigenvalue weighted by Gasteiger charge is 2.16. The van der Waals surface area contributed by atoms with Crippen molar-refractivity contribution < 1.29 is 9.90 Å². The molecule has 0 saturated heterocycles. The maximum Gasteiger partial charge on any atom is 0.431 e. The van der Waals surface area contributed by atoms with Gasteiger partial charge in [0.05, 0.1) is 10.9 Å². The van der Waals surface area contributed by atoms with Crippen LogP contribution < -0.4 is 5.56 Å². The normalized spacial score (nSPS) is 11.0. The maximum absolute atomic E-state index is 12.0. The number of hydrogen-bond acceptors (Lipinski definition) is 4. The van der Waals surface area contributed by atoms with E-state index < -0.39 is 6.09 Å². The Morgan fingerprint density at radius 1 is 1.24 bits per heavy atom. The first-order valence-electron chi connectivity index (χ1n) is 5.92. The van der Waals surface area contributed by atoms with Gasteiger partial charge in [0.25, 0.3) is 5.56 Å². The van der Waals surface area contributed by atoms with Gasteiger partial charge < -0.3 is 5.11 Å². The zero-order valence-electron chi connectivity index (χ0n) is 10.8. The Bertz CT molecular complexity index is 912. The lowest BCUT2D eigenvalue weighted by Gasteiger charge is -2.04. The van der Waals surface area contributed by atoms with E-state index >= 15 is 0 Å². The molecule has 0 amide bonds. The van der Waals surface area contributed by atoms with Gasteiger partial charge in [-0.05, 0) is 29.3 Å². The lowest BCUT2D eigenvalue weighted by molar-refractivity contribution is 0.190. The van der Waals surface area contributed by atoms with Crippen molar-refractivity contribution in [3.63, 3.8) is 0 Å². The van der Waals surface area contributed by atoms with Gasteiger partial charge in [-0.3, -0.25) is 4.79 Å². The second-order valence-corrected chi connectivity index (χ2v) is 4.73. The molecule has 3 rings (SSSR count). The van der Waals surface area contributed by atoms with E-state index in [4.69, 9.17) is 11.6 Å². The Morgan fingerprint density at radius 2 is 1.90 bits per heavy atom. The highest BCUT2D eigenvalue weighted by atomic mass is 35.5. The quantitative estimate of drug-likeness (QED) is 0.694. The van der Waals surface area contributed by atoms with Crippen LogP contribution in [0.4, 0.5) is 4.79 Å². The van der Waals surface area contributed by atoms with Gasteiger partial charge in [0.2, 0.25) is 5.28 Å². The first kappa shape index (κ1) is 13.3. The Kier molecular flexibility index (Phi) is 2.99. The summed E-state index contributed by atoms with van der Waals surface area (Å²) in [5, 5.41) is 9.69. The van der Waals surface area contributed by atoms with Crippen molar-refractivity contribution in [2.75, 3.05) is 0 Å². The number of hydrogen-bond donors (Lipinski definition) is 1. The fourth-order valence-corrected chi connectivity index (χ4v) is 2.28. The van der Waals surface area contributed by atoms with E-state index in [1.165, 1.54) is 19.4 Å². The number of halogens is 1. The summed E-state index contributed by atoms with van der Waals surface area (Å²) >= 11 is 5.64. The number of nitrogens with zero attached hydrogens (tertiary/aromatic N) is 4. The average molecular weight is 305 g/mol. The van der Waals surface area contributed by atoms with Crippen LogP contribution >= 0.6 is 11.6 Å². The van der Waals surface area contributed by atoms with Crippen LogP contribution in [-0.4, -0.2) is 30.5 Å². The van der Waals surface area contributed by atoms with Crippen molar-refractivity contribution in [3.05, 3.63) is 46.2 Å². The molecule has 0 radical (unpaired) electrons. The Morgan fingerprint density at radius 3 is 2.52 bits per heavy atom. The van der Waals surface area contributed by atoms with Crippen molar-refractivity contribution in [2.24, 2.45) is 7.05 Å². The van der Waals surface area contributed by atoms with Gasteiger partial charge in [0.1, 0.15) is 0 Å². The maximum atomic E-state index is 12.0. The molecule has 1 N–H and O–H groups in total. The summed E-state index contributed by atoms with van der Waals surface area (Å²) in [6, 6.07) is 4.90. The van der Waals surface area contributed by atoms with E-state index in [1.54, 1.807) is 18.2 Å². The molecule has 7 nitrogen and oxygen atoms in total. The number of fused-ring (bicyclic) bond motifs is 1. The molecule has 0 bridgehead atoms. The lowest BCUT2D eigenvalue weighted by atomic mass is 10.1. The molecule has 0 saturated carbocycles. The molecule has 8 heteroatoms. The Balaban J connectivity index is 2.29. The van der Waals surface area contributed by atoms with Crippen LogP contribution in [0.25, 0.3) is 22.0 Å². The predicted octanol–water partition coefficient (Wildman–Crippen LogP) is 1.98. The summed E-state index contributed by atoms with van der Waals surface area (Å²) < 4.78 is 1.95. The van der Waals surface area contributed by atoms with Crippen LogP contribution in [0.5, 0.6) is 0 Å². The molecule has 1 aromatic carbocycles. The minimum atomic E-state index is -1.23. The first-order chi connectivity index (χ1) is 9.99. The van der Waals surface area contributed by atoms with Crippen molar-refractivity contribution in [3.8, 4) is 11.1 Å². The second-order valence-electron chi connectivity index (χ2n) is 4.40. The standard InChI is InChI=1S/C13H9ClN4O3/c1-17-11(19)9-3-2-7(4-10(9)18(17)13(20)21)8-5-15-12(14)16-6-8/h2-6H,1H3,(H,20,21). The number of rotatable bonds is 1. The zero-order chi connectivity index (χ0) is 15.1. The van der Waals surface area contributed by atoms with Crippen LogP contribution in [0.3, 0.4) is 0 Å². The van der Waals surface area contributed by atoms with Crippen molar-refractivity contribution in [2.45, 2.75) is 0 Å². The molecular weight excluding hydrogens is 296 g/mol. The SMILES string of the molecule is Cn1c(=O)c2ccc(-c3cnc(Cl)nc3)cc2n1C(=O)O. The third kappa shape index (κ3) is 2.07. The van der Waals surface area contributed by atoms with Crippen molar-refractivity contribution in [1.29, 1.82) is 0 Å². The summed E-state index contributed by atoms with van der Waals surface area (Å²) in [6.45, 7) is 0. The predicted molar refractivity (Wildman–Crippen MR) is 76.6 cm³/mol. The molecular formula is C13H9ClN4O3. The molecule has 106 valence electrons. The number of carboxylic acid groups (broad SMARTS) is 1. The Hall–Kier alpha value is -2.67. The number of aromatic nitrogens is 4. The zero-order valence-corrected chi connectivity index (χ0v) is 11.6. The molecule has 0 aliphatic carbocycles. The largest absolute Gasteiger partial charge is 0.463 e. The average Bonchev–Trinajstić information content (AvgIpc) is 2.71. The van der Waals surface area contributed by atoms with Gasteiger partial charge >= 0.3 is 6.09 Å². The topological polar surface area (TPSA) is 90.0 Å². The molecule has 0 atom stereocenters. The van der Waals surface area contributed by atoms with Crippen LogP contribution in [0.15, 0.2) is 35.4 Å². The van der Waals surface area contributed by atoms with E-state index in [0.29, 0.717) is 22.0 Å². The summed E-state index contributed by atoms with van der Waals surface area (Å²) in [7, 11) is 1.40. The van der Waals surface area contributed by atoms with E-state index in [1.807, 2.05) is 0 Å². The summed E-state index contributed by atoms with van der Waals surface area (Å²) in [5.41, 5.74) is 1.31. The molecule has 2 heterocycles. The van der Waals surface area contributed by atoms with Crippen LogP contribution in [0, 0.1) is 0 Å². The van der Waals surface area contributed by atoms with E-state index in [2.05, 4.69) is 9.97 Å². The first-order valence-corrected chi connectivity index (χ1v) is 6.30. The number of benzene rings is 1. The van der Waals surface area contributed by atoms with Gasteiger partial charge in [0, 0.05) is 25.0 Å². The van der Waals surface area contributed by atoms with Gasteiger partial charge in [-0.1, -0.05) is 6.07 Å². The smallest absolute Gasteiger partial charge is 0.431 e. The molecule has 0 aliphatic heterocycles. The molecule has 0 spiro atoms. The van der Waals surface area contributed by atoms with E-state index in [-0.39, 0.29) is 10.8 Å². The van der Waals surface area contributed by atoms with Crippen molar-refractivity contribution in [1.82, 2.24) is 19.3 Å². The molecule has 21 heavy (non-hydrogen) atoms. The molecule has 3 aromatic rings. The monoisotopic (exact) mass is 304 g/mol. The fraction of sp³-hybridized carbons (Fsp3) is 0.0769. The third-order valence-electron chi connectivity index (χ3n) is 3.19. The van der Waals surface area contributed by atoms with Crippen LogP contribution in [0.2, 0.25) is 5.28 Å². The highest BCUT2D eigenvalue weighted by molar-refractivity contribution is 6.28. The summed E-state index contributed by atoms with van der Waals surface area (Å²) in [5.74, 6) is 0. The minimum Gasteiger partial charge on any atom is -0.463 e. The van der Waals surface area contributed by atoms with Gasteiger partial charge in [-0.15, -0.1) is 0 Å². The van der Waals surface area contributed by atoms with Crippen LogP contribution in [0.1, 0.15) is 0 Å². The summed E-state index contributed by atoms with van der Waals surface area (Å²) in [6.07, 6.45) is 1.83. The summed E-state index contributed by atoms with van der Waals surface area (Å²) in [4.78, 5) is 31.0. The van der Waals surface area contributed by atoms with Crippen molar-refractivity contribution >= 4 is 28.6 Å². The fourth-order valence-electron chi connectivity index (χ4n) is 2.19. The van der Waals surface area contributed by atoms with Gasteiger partial charge in [-0.2, -0.15) is 4.68 Å². The molecule has 0 fully saturated rings. The van der Waals surface area contributed by atoms with Gasteiger partial charge in [0.15, 0.2) is 0 Å². The molecule has 0 aliphatic rings. The third-order valence-corrected chi connectivity index (χ3v) is 3.38. The highest BCUT2D eigenvalue weighted by Crippen LogP contribution is 2.22. The van der Waals surface area contributed by atoms with E-state index in [9.17, 15) is 14.7 Å². The Labute approximate surface area is 123 Å². The molecule has 2 aromatic heterocycles. The van der Waals surface area contributed by atoms with Crippen LogP contribution in [-0.2, 0) is 7.05 Å². The second kappa shape index (κ2) is 4.71. The van der Waals surface area contributed by atoms with E-state index in [0.717, 1.165) is 9.36 Å². The number of carbonyl (C=O) groups is 1. The lowest BCUT2D eigenvalue weighted by Crippen LogP contribution is -2.23. The van der Waals surface area contributed by atoms with Gasteiger partial charge in [-0.25, -0.2) is 19.4 Å². The molecule has 0 unspecified atom stereocenters. The minimum absolute atomic E-state index is 0.127.